The molecule has 0 bridgehead atoms. The number of nitrogens with one attached hydrogen (secondary N) is 2. The highest BCUT2D eigenvalue weighted by Gasteiger charge is 2.27. The van der Waals surface area contributed by atoms with E-state index in [2.05, 4.69) is 10.6 Å². The molecule has 0 aliphatic heterocycles. The summed E-state index contributed by atoms with van der Waals surface area (Å²) in [4.78, 5) is 48.5. The number of carbonyl (C=O) groups excluding carboxylic acids is 2. The first-order valence-electron chi connectivity index (χ1n) is 10.3. The van der Waals surface area contributed by atoms with Gasteiger partial charge in [-0.3, -0.25) is 9.59 Å². The molecule has 0 spiro atoms. The molecule has 178 valence electrons. The van der Waals surface area contributed by atoms with Gasteiger partial charge in [0.15, 0.2) is 0 Å². The number of hydrogen-bond donors (Lipinski definition) is 3. The van der Waals surface area contributed by atoms with Crippen LogP contribution in [0.3, 0.4) is 0 Å². The fourth-order valence-corrected chi connectivity index (χ4v) is 3.51. The van der Waals surface area contributed by atoms with Crippen LogP contribution in [0.25, 0.3) is 11.0 Å². The molecule has 0 radical (unpaired) electrons. The third kappa shape index (κ3) is 6.18. The summed E-state index contributed by atoms with van der Waals surface area (Å²) in [6.07, 6.45) is -0.186. The standard InChI is InChI=1S/C24H23FN2O7/c1-13(28)26-19(9-14-3-5-16(25)6-4-14)23(30)27-20(24(31)32)10-15-11-22(29)34-21-12-17(33-2)7-8-18(15)21/h3-8,11-12,19-20H,9-10H2,1-2H3,(H,26,28)(H,27,30)(H,31,32)/t19-,20-/m0/s1. The Morgan fingerprint density at radius 3 is 2.35 bits per heavy atom. The molecule has 34 heavy (non-hydrogen) atoms. The van der Waals surface area contributed by atoms with Crippen LogP contribution < -0.4 is 21.0 Å². The first kappa shape index (κ1) is 24.4. The maximum Gasteiger partial charge on any atom is 0.336 e. The first-order valence-corrected chi connectivity index (χ1v) is 10.3. The summed E-state index contributed by atoms with van der Waals surface area (Å²) in [5, 5.41) is 15.1. The molecule has 9 nitrogen and oxygen atoms in total. The number of carboxylic acid groups (broad SMARTS) is 1. The minimum atomic E-state index is -1.40. The lowest BCUT2D eigenvalue weighted by atomic mass is 10.0. The Balaban J connectivity index is 1.85. The second kappa shape index (κ2) is 10.6. The third-order valence-corrected chi connectivity index (χ3v) is 5.12. The maximum absolute atomic E-state index is 13.2. The van der Waals surface area contributed by atoms with Crippen molar-refractivity contribution in [2.45, 2.75) is 31.8 Å². The van der Waals surface area contributed by atoms with Crippen LogP contribution in [-0.4, -0.2) is 42.1 Å². The van der Waals surface area contributed by atoms with Gasteiger partial charge in [-0.05, 0) is 35.4 Å². The highest BCUT2D eigenvalue weighted by molar-refractivity contribution is 5.90. The molecular weight excluding hydrogens is 447 g/mol. The predicted octanol–water partition coefficient (Wildman–Crippen LogP) is 1.80. The van der Waals surface area contributed by atoms with Gasteiger partial charge in [0.1, 0.15) is 29.2 Å². The van der Waals surface area contributed by atoms with Crippen LogP contribution in [0, 0.1) is 5.82 Å². The number of ether oxygens (including phenoxy) is 1. The topological polar surface area (TPSA) is 135 Å². The molecule has 0 saturated carbocycles. The van der Waals surface area contributed by atoms with Crippen molar-refractivity contribution in [3.63, 3.8) is 0 Å². The van der Waals surface area contributed by atoms with E-state index in [0.717, 1.165) is 0 Å². The number of aliphatic carboxylic acids is 1. The summed E-state index contributed by atoms with van der Waals surface area (Å²) in [7, 11) is 1.45. The molecular formula is C24H23FN2O7. The summed E-state index contributed by atoms with van der Waals surface area (Å²) >= 11 is 0. The van der Waals surface area contributed by atoms with Crippen LogP contribution in [0.5, 0.6) is 5.75 Å². The first-order chi connectivity index (χ1) is 16.2. The van der Waals surface area contributed by atoms with E-state index in [4.69, 9.17) is 9.15 Å². The van der Waals surface area contributed by atoms with E-state index in [1.165, 1.54) is 50.4 Å². The van der Waals surface area contributed by atoms with Crippen LogP contribution >= 0.6 is 0 Å². The number of fused-ring (bicyclic) bond motifs is 1. The quantitative estimate of drug-likeness (QED) is 0.406. The molecule has 3 N–H and O–H groups in total. The molecule has 3 rings (SSSR count). The molecule has 0 aliphatic rings. The smallest absolute Gasteiger partial charge is 0.336 e. The molecule has 1 aromatic heterocycles. The van der Waals surface area contributed by atoms with Gasteiger partial charge in [-0.2, -0.15) is 0 Å². The average molecular weight is 470 g/mol. The molecule has 0 aliphatic carbocycles. The molecule has 1 heterocycles. The van der Waals surface area contributed by atoms with E-state index in [1.54, 1.807) is 12.1 Å². The number of benzene rings is 2. The van der Waals surface area contributed by atoms with E-state index in [0.29, 0.717) is 22.3 Å². The van der Waals surface area contributed by atoms with Crippen LogP contribution in [-0.2, 0) is 27.2 Å². The molecule has 0 fully saturated rings. The van der Waals surface area contributed by atoms with Crippen LogP contribution in [0.1, 0.15) is 18.1 Å². The lowest BCUT2D eigenvalue weighted by Gasteiger charge is -2.21. The monoisotopic (exact) mass is 470 g/mol. The fraction of sp³-hybridized carbons (Fsp3) is 0.250. The molecule has 2 amide bonds. The number of amides is 2. The van der Waals surface area contributed by atoms with Gasteiger partial charge in [0.05, 0.1) is 7.11 Å². The molecule has 0 saturated heterocycles. The van der Waals surface area contributed by atoms with Gasteiger partial charge in [-0.15, -0.1) is 0 Å². The minimum absolute atomic E-state index is 0.0235. The Kier molecular flexibility index (Phi) is 7.62. The van der Waals surface area contributed by atoms with Crippen LogP contribution in [0.4, 0.5) is 4.39 Å². The lowest BCUT2D eigenvalue weighted by Crippen LogP contribution is -2.52. The van der Waals surface area contributed by atoms with Gasteiger partial charge in [0.25, 0.3) is 0 Å². The Labute approximate surface area is 193 Å². The van der Waals surface area contributed by atoms with Crippen molar-refractivity contribution in [2.24, 2.45) is 0 Å². The Morgan fingerprint density at radius 2 is 1.74 bits per heavy atom. The van der Waals surface area contributed by atoms with Crippen molar-refractivity contribution in [2.75, 3.05) is 7.11 Å². The zero-order chi connectivity index (χ0) is 24.8. The molecule has 3 aromatic rings. The fourth-order valence-electron chi connectivity index (χ4n) is 3.51. The minimum Gasteiger partial charge on any atom is -0.497 e. The van der Waals surface area contributed by atoms with E-state index < -0.39 is 41.3 Å². The van der Waals surface area contributed by atoms with Crippen LogP contribution in [0.15, 0.2) is 57.7 Å². The SMILES string of the molecule is COc1ccc2c(C[C@H](NC(=O)[C@H](Cc3ccc(F)cc3)NC(C)=O)C(=O)O)cc(=O)oc2c1. The Morgan fingerprint density at radius 1 is 1.03 bits per heavy atom. The van der Waals surface area contributed by atoms with Crippen molar-refractivity contribution >= 4 is 28.8 Å². The number of hydrogen-bond acceptors (Lipinski definition) is 6. The average Bonchev–Trinajstić information content (AvgIpc) is 2.78. The van der Waals surface area contributed by atoms with Gasteiger partial charge in [-0.25, -0.2) is 14.0 Å². The summed E-state index contributed by atoms with van der Waals surface area (Å²) in [5.41, 5.74) is 0.461. The molecule has 10 heteroatoms. The van der Waals surface area contributed by atoms with Crippen molar-refractivity contribution in [3.05, 3.63) is 75.9 Å². The van der Waals surface area contributed by atoms with E-state index in [-0.39, 0.29) is 18.4 Å². The zero-order valence-electron chi connectivity index (χ0n) is 18.5. The van der Waals surface area contributed by atoms with Crippen molar-refractivity contribution in [1.29, 1.82) is 0 Å². The number of methoxy groups -OCH3 is 1. The second-order valence-corrected chi connectivity index (χ2v) is 7.64. The highest BCUT2D eigenvalue weighted by atomic mass is 19.1. The normalized spacial score (nSPS) is 12.6. The van der Waals surface area contributed by atoms with Gasteiger partial charge >= 0.3 is 11.6 Å². The lowest BCUT2D eigenvalue weighted by molar-refractivity contribution is -0.142. The van der Waals surface area contributed by atoms with Crippen molar-refractivity contribution in [3.8, 4) is 5.75 Å². The van der Waals surface area contributed by atoms with Crippen molar-refractivity contribution < 1.29 is 33.0 Å². The largest absolute Gasteiger partial charge is 0.497 e. The van der Waals surface area contributed by atoms with Crippen molar-refractivity contribution in [1.82, 2.24) is 10.6 Å². The number of carboxylic acids is 1. The number of halogens is 1. The molecule has 2 aromatic carbocycles. The van der Waals surface area contributed by atoms with Gasteiger partial charge in [-0.1, -0.05) is 12.1 Å². The highest BCUT2D eigenvalue weighted by Crippen LogP contribution is 2.23. The van der Waals surface area contributed by atoms with E-state index in [9.17, 15) is 28.7 Å². The van der Waals surface area contributed by atoms with Gasteiger partial charge in [0, 0.05) is 37.3 Å². The maximum atomic E-state index is 13.2. The number of rotatable bonds is 9. The van der Waals surface area contributed by atoms with E-state index >= 15 is 0 Å². The number of carbonyl (C=O) groups is 3. The zero-order valence-corrected chi connectivity index (χ0v) is 18.5. The summed E-state index contributed by atoms with van der Waals surface area (Å²) in [5.74, 6) is -2.55. The second-order valence-electron chi connectivity index (χ2n) is 7.64. The molecule has 0 unspecified atom stereocenters. The van der Waals surface area contributed by atoms with Crippen LogP contribution in [0.2, 0.25) is 0 Å². The Hall–Kier alpha value is -4.21. The summed E-state index contributed by atoms with van der Waals surface area (Å²) in [6.45, 7) is 1.23. The third-order valence-electron chi connectivity index (χ3n) is 5.12. The summed E-state index contributed by atoms with van der Waals surface area (Å²) in [6, 6.07) is 8.82. The Bertz CT molecular complexity index is 1270. The summed E-state index contributed by atoms with van der Waals surface area (Å²) < 4.78 is 23.5. The van der Waals surface area contributed by atoms with Gasteiger partial charge < -0.3 is 24.9 Å². The predicted molar refractivity (Wildman–Crippen MR) is 120 cm³/mol. The van der Waals surface area contributed by atoms with E-state index in [1.807, 2.05) is 0 Å². The van der Waals surface area contributed by atoms with Gasteiger partial charge in [0.2, 0.25) is 11.8 Å². The molecule has 2 atom stereocenters.